The maximum Gasteiger partial charge on any atom is 0.0485 e. The number of benzene rings is 1. The molecule has 110 valence electrons. The second-order valence-corrected chi connectivity index (χ2v) is 6.40. The number of nitrogens with zero attached hydrogens (tertiary/aromatic N) is 1. The number of aromatic nitrogens is 1. The maximum atomic E-state index is 4.70. The summed E-state index contributed by atoms with van der Waals surface area (Å²) >= 11 is 1.82. The molecule has 1 aliphatic rings. The van der Waals surface area contributed by atoms with Crippen LogP contribution in [0.2, 0.25) is 0 Å². The number of hydrogen-bond donors (Lipinski definition) is 1. The van der Waals surface area contributed by atoms with Crippen LogP contribution in [0.25, 0.3) is 0 Å². The highest BCUT2D eigenvalue weighted by molar-refractivity contribution is 7.98. The summed E-state index contributed by atoms with van der Waals surface area (Å²) in [6.07, 6.45) is 7.71. The van der Waals surface area contributed by atoms with Gasteiger partial charge >= 0.3 is 0 Å². The molecule has 0 amide bonds. The number of thioether (sulfide) groups is 1. The summed E-state index contributed by atoms with van der Waals surface area (Å²) in [7, 11) is 2.07. The van der Waals surface area contributed by atoms with Crippen molar-refractivity contribution in [3.8, 4) is 0 Å². The molecule has 3 heteroatoms. The van der Waals surface area contributed by atoms with Crippen molar-refractivity contribution >= 4 is 11.8 Å². The quantitative estimate of drug-likeness (QED) is 0.857. The first-order chi connectivity index (χ1) is 10.3. The lowest BCUT2D eigenvalue weighted by atomic mass is 9.79. The molecule has 0 spiro atoms. The second-order valence-electron chi connectivity index (χ2n) is 5.55. The van der Waals surface area contributed by atoms with Crippen LogP contribution in [0.4, 0.5) is 0 Å². The van der Waals surface area contributed by atoms with Crippen LogP contribution >= 0.6 is 11.8 Å². The van der Waals surface area contributed by atoms with E-state index in [1.807, 2.05) is 18.0 Å². The lowest BCUT2D eigenvalue weighted by molar-refractivity contribution is 0.412. The van der Waals surface area contributed by atoms with E-state index in [4.69, 9.17) is 4.98 Å². The van der Waals surface area contributed by atoms with Gasteiger partial charge in [0.05, 0.1) is 0 Å². The molecule has 3 rings (SSSR count). The van der Waals surface area contributed by atoms with Crippen LogP contribution in [0.1, 0.15) is 41.6 Å². The van der Waals surface area contributed by atoms with Crippen molar-refractivity contribution in [1.82, 2.24) is 10.3 Å². The molecule has 0 aliphatic heterocycles. The summed E-state index contributed by atoms with van der Waals surface area (Å²) in [4.78, 5) is 6.06. The molecule has 1 aromatic carbocycles. The molecule has 2 atom stereocenters. The first-order valence-corrected chi connectivity index (χ1v) is 8.81. The first kappa shape index (κ1) is 14.6. The van der Waals surface area contributed by atoms with Crippen molar-refractivity contribution in [3.05, 3.63) is 59.4 Å². The Morgan fingerprint density at radius 1 is 1.24 bits per heavy atom. The van der Waals surface area contributed by atoms with Gasteiger partial charge in [0.15, 0.2) is 0 Å². The van der Waals surface area contributed by atoms with Gasteiger partial charge in [0.25, 0.3) is 0 Å². The predicted octanol–water partition coefficient (Wildman–Crippen LogP) is 4.18. The Morgan fingerprint density at radius 2 is 2.10 bits per heavy atom. The number of pyridine rings is 1. The number of aryl methyl sites for hydroxylation is 1. The third-order valence-corrected chi connectivity index (χ3v) is 5.24. The van der Waals surface area contributed by atoms with Gasteiger partial charge in [0, 0.05) is 28.7 Å². The molecule has 1 aliphatic carbocycles. The van der Waals surface area contributed by atoms with Gasteiger partial charge in [-0.15, -0.1) is 11.8 Å². The van der Waals surface area contributed by atoms with Crippen molar-refractivity contribution in [1.29, 1.82) is 0 Å². The maximum absolute atomic E-state index is 4.70. The molecular formula is C18H22N2S. The van der Waals surface area contributed by atoms with Gasteiger partial charge in [-0.2, -0.15) is 0 Å². The van der Waals surface area contributed by atoms with Crippen molar-refractivity contribution in [2.45, 2.75) is 36.1 Å². The Balaban J connectivity index is 2.01. The van der Waals surface area contributed by atoms with Crippen LogP contribution in [0.5, 0.6) is 0 Å². The van der Waals surface area contributed by atoms with E-state index in [1.54, 1.807) is 0 Å². The molecule has 2 nitrogen and oxygen atoms in total. The summed E-state index contributed by atoms with van der Waals surface area (Å²) in [6, 6.07) is 13.4. The third-order valence-electron chi connectivity index (χ3n) is 4.43. The molecule has 2 unspecified atom stereocenters. The average Bonchev–Trinajstić information content (AvgIpc) is 2.56. The van der Waals surface area contributed by atoms with E-state index in [0.717, 1.165) is 0 Å². The SMILES string of the molecule is CNC(c1ccccc1SC)C1CCCc2cccnc21. The Labute approximate surface area is 131 Å². The van der Waals surface area contributed by atoms with E-state index >= 15 is 0 Å². The summed E-state index contributed by atoms with van der Waals surface area (Å²) in [5.74, 6) is 0.466. The number of fused-ring (bicyclic) bond motifs is 1. The normalized spacial score (nSPS) is 19.0. The lowest BCUT2D eigenvalue weighted by Gasteiger charge is -2.32. The first-order valence-electron chi connectivity index (χ1n) is 7.59. The van der Waals surface area contributed by atoms with Crippen LogP contribution in [0, 0.1) is 0 Å². The highest BCUT2D eigenvalue weighted by Gasteiger charge is 2.30. The van der Waals surface area contributed by atoms with E-state index in [1.165, 1.54) is 41.0 Å². The predicted molar refractivity (Wildman–Crippen MR) is 89.9 cm³/mol. The Bertz CT molecular complexity index is 612. The smallest absolute Gasteiger partial charge is 0.0485 e. The zero-order chi connectivity index (χ0) is 14.7. The summed E-state index contributed by atoms with van der Waals surface area (Å²) in [5.41, 5.74) is 4.12. The van der Waals surface area contributed by atoms with E-state index in [0.29, 0.717) is 12.0 Å². The standard InChI is InChI=1S/C18H22N2S/c1-19-18(14-9-3-4-11-16(14)21-2)15-10-5-7-13-8-6-12-20-17(13)15/h3-4,6,8-9,11-12,15,18-19H,5,7,10H2,1-2H3. The molecule has 0 saturated carbocycles. The fourth-order valence-electron chi connectivity index (χ4n) is 3.47. The van der Waals surface area contributed by atoms with Gasteiger partial charge in [-0.1, -0.05) is 24.3 Å². The van der Waals surface area contributed by atoms with Crippen molar-refractivity contribution in [3.63, 3.8) is 0 Å². The minimum Gasteiger partial charge on any atom is -0.312 e. The highest BCUT2D eigenvalue weighted by atomic mass is 32.2. The van der Waals surface area contributed by atoms with Crippen LogP contribution < -0.4 is 5.32 Å². The Morgan fingerprint density at radius 3 is 2.90 bits per heavy atom. The van der Waals surface area contributed by atoms with Gasteiger partial charge in [-0.25, -0.2) is 0 Å². The Hall–Kier alpha value is -1.32. The van der Waals surface area contributed by atoms with E-state index in [-0.39, 0.29) is 0 Å². The fraction of sp³-hybridized carbons (Fsp3) is 0.389. The van der Waals surface area contributed by atoms with Gasteiger partial charge in [0.1, 0.15) is 0 Å². The lowest BCUT2D eigenvalue weighted by Crippen LogP contribution is -2.28. The van der Waals surface area contributed by atoms with Crippen molar-refractivity contribution in [2.75, 3.05) is 13.3 Å². The molecule has 0 radical (unpaired) electrons. The highest BCUT2D eigenvalue weighted by Crippen LogP contribution is 2.41. The van der Waals surface area contributed by atoms with Gasteiger partial charge < -0.3 is 5.32 Å². The van der Waals surface area contributed by atoms with Crippen molar-refractivity contribution in [2.24, 2.45) is 0 Å². The molecule has 0 fully saturated rings. The van der Waals surface area contributed by atoms with Crippen LogP contribution in [-0.2, 0) is 6.42 Å². The molecule has 1 aromatic heterocycles. The number of likely N-dealkylation sites (N-methyl/N-ethyl adjacent to an activating group) is 1. The molecule has 0 bridgehead atoms. The van der Waals surface area contributed by atoms with Crippen LogP contribution in [0.15, 0.2) is 47.5 Å². The molecule has 0 saturated heterocycles. The molecule has 1 N–H and O–H groups in total. The van der Waals surface area contributed by atoms with Gasteiger partial charge in [-0.3, -0.25) is 4.98 Å². The second kappa shape index (κ2) is 6.63. The molecule has 21 heavy (non-hydrogen) atoms. The largest absolute Gasteiger partial charge is 0.312 e. The summed E-state index contributed by atoms with van der Waals surface area (Å²) < 4.78 is 0. The van der Waals surface area contributed by atoms with E-state index < -0.39 is 0 Å². The zero-order valence-corrected chi connectivity index (χ0v) is 13.5. The minimum absolute atomic E-state index is 0.336. The van der Waals surface area contributed by atoms with E-state index in [2.05, 4.69) is 55.0 Å². The number of nitrogens with one attached hydrogen (secondary N) is 1. The summed E-state index contributed by atoms with van der Waals surface area (Å²) in [6.45, 7) is 0. The van der Waals surface area contributed by atoms with Crippen LogP contribution in [-0.4, -0.2) is 18.3 Å². The number of hydrogen-bond acceptors (Lipinski definition) is 3. The van der Waals surface area contributed by atoms with Crippen molar-refractivity contribution < 1.29 is 0 Å². The fourth-order valence-corrected chi connectivity index (χ4v) is 4.11. The van der Waals surface area contributed by atoms with E-state index in [9.17, 15) is 0 Å². The molecule has 1 heterocycles. The molecule has 2 aromatic rings. The third kappa shape index (κ3) is 2.85. The monoisotopic (exact) mass is 298 g/mol. The molecular weight excluding hydrogens is 276 g/mol. The van der Waals surface area contributed by atoms with Gasteiger partial charge in [-0.05, 0) is 55.8 Å². The zero-order valence-electron chi connectivity index (χ0n) is 12.7. The Kier molecular flexibility index (Phi) is 4.61. The van der Waals surface area contributed by atoms with Gasteiger partial charge in [0.2, 0.25) is 0 Å². The average molecular weight is 298 g/mol. The van der Waals surface area contributed by atoms with Crippen LogP contribution in [0.3, 0.4) is 0 Å². The number of rotatable bonds is 4. The topological polar surface area (TPSA) is 24.9 Å². The summed E-state index contributed by atoms with van der Waals surface area (Å²) in [5, 5.41) is 3.55. The minimum atomic E-state index is 0.336.